The summed E-state index contributed by atoms with van der Waals surface area (Å²) in [4.78, 5) is 9.58. The molecule has 0 unspecified atom stereocenters. The number of hydrogen-bond acceptors (Lipinski definition) is 4. The Kier molecular flexibility index (Phi) is 3.43. The zero-order chi connectivity index (χ0) is 18.8. The summed E-state index contributed by atoms with van der Waals surface area (Å²) in [5, 5.41) is 5.71. The van der Waals surface area contributed by atoms with Gasteiger partial charge in [-0.25, -0.2) is 9.50 Å². The van der Waals surface area contributed by atoms with Crippen LogP contribution in [0.5, 0.6) is 5.75 Å². The second-order valence-corrected chi connectivity index (χ2v) is 8.16. The molecule has 5 nitrogen and oxygen atoms in total. The highest BCUT2D eigenvalue weighted by atomic mass is 79.9. The zero-order valence-corrected chi connectivity index (χ0v) is 16.8. The van der Waals surface area contributed by atoms with Gasteiger partial charge in [-0.05, 0) is 42.0 Å². The summed E-state index contributed by atoms with van der Waals surface area (Å²) >= 11 is 3.50. The molecule has 0 radical (unpaired) electrons. The van der Waals surface area contributed by atoms with Crippen molar-refractivity contribution in [3.05, 3.63) is 64.4 Å². The van der Waals surface area contributed by atoms with Gasteiger partial charge in [0, 0.05) is 33.2 Å². The van der Waals surface area contributed by atoms with Crippen molar-refractivity contribution in [2.24, 2.45) is 4.99 Å². The predicted octanol–water partition coefficient (Wildman–Crippen LogP) is 5.07. The lowest BCUT2D eigenvalue weighted by Gasteiger charge is -2.22. The fourth-order valence-electron chi connectivity index (χ4n) is 3.75. The molecular formula is C21H17BrN4O. The SMILES string of the molecule is COc1ccc2c(c1)C(C)(C)C(c1cnc3c4ccc(Br)cc4nn3c1)=N2. The summed E-state index contributed by atoms with van der Waals surface area (Å²) in [6.45, 7) is 4.36. The largest absolute Gasteiger partial charge is 0.497 e. The quantitative estimate of drug-likeness (QED) is 0.454. The molecule has 0 amide bonds. The maximum Gasteiger partial charge on any atom is 0.162 e. The van der Waals surface area contributed by atoms with E-state index in [1.54, 1.807) is 7.11 Å². The zero-order valence-electron chi connectivity index (χ0n) is 15.2. The van der Waals surface area contributed by atoms with E-state index in [0.717, 1.165) is 49.3 Å². The first-order valence-electron chi connectivity index (χ1n) is 8.69. The maximum atomic E-state index is 5.39. The minimum Gasteiger partial charge on any atom is -0.497 e. The maximum absolute atomic E-state index is 5.39. The molecule has 27 heavy (non-hydrogen) atoms. The molecule has 0 N–H and O–H groups in total. The number of fused-ring (bicyclic) bond motifs is 4. The number of benzene rings is 2. The molecule has 2 aromatic heterocycles. The van der Waals surface area contributed by atoms with E-state index in [2.05, 4.69) is 45.9 Å². The first-order valence-corrected chi connectivity index (χ1v) is 9.48. The Morgan fingerprint density at radius 2 is 1.96 bits per heavy atom. The van der Waals surface area contributed by atoms with Gasteiger partial charge in [-0.1, -0.05) is 29.8 Å². The van der Waals surface area contributed by atoms with Crippen LogP contribution < -0.4 is 4.74 Å². The van der Waals surface area contributed by atoms with Gasteiger partial charge in [-0.3, -0.25) is 4.99 Å². The molecule has 134 valence electrons. The first-order chi connectivity index (χ1) is 13.0. The van der Waals surface area contributed by atoms with Crippen LogP contribution in [-0.4, -0.2) is 27.4 Å². The van der Waals surface area contributed by atoms with E-state index >= 15 is 0 Å². The van der Waals surface area contributed by atoms with Crippen LogP contribution in [-0.2, 0) is 5.41 Å². The monoisotopic (exact) mass is 420 g/mol. The minimum absolute atomic E-state index is 0.241. The summed E-state index contributed by atoms with van der Waals surface area (Å²) in [6, 6.07) is 12.1. The number of methoxy groups -OCH3 is 1. The Labute approximate surface area is 164 Å². The molecule has 0 aliphatic carbocycles. The molecule has 0 bridgehead atoms. The van der Waals surface area contributed by atoms with Crippen LogP contribution in [0.15, 0.2) is 58.3 Å². The standard InChI is InChI=1S/C21H17BrN4O/c1-21(2)16-9-14(27-3)5-7-17(16)24-19(21)12-10-23-20-15-6-4-13(22)8-18(15)25-26(20)11-12/h4-11H,1-3H3. The molecule has 1 aliphatic rings. The Morgan fingerprint density at radius 3 is 2.78 bits per heavy atom. The van der Waals surface area contributed by atoms with E-state index < -0.39 is 0 Å². The Morgan fingerprint density at radius 1 is 1.11 bits per heavy atom. The van der Waals surface area contributed by atoms with Crippen molar-refractivity contribution in [2.45, 2.75) is 19.3 Å². The van der Waals surface area contributed by atoms with E-state index in [0.29, 0.717) is 0 Å². The Hall–Kier alpha value is -2.73. The molecule has 0 spiro atoms. The normalized spacial score (nSPS) is 15.2. The second-order valence-electron chi connectivity index (χ2n) is 7.24. The average Bonchev–Trinajstić information content (AvgIpc) is 3.14. The molecule has 2 aromatic carbocycles. The van der Waals surface area contributed by atoms with Crippen molar-refractivity contribution in [2.75, 3.05) is 7.11 Å². The minimum atomic E-state index is -0.241. The number of hydrogen-bond donors (Lipinski definition) is 0. The molecular weight excluding hydrogens is 404 g/mol. The van der Waals surface area contributed by atoms with Gasteiger partial charge in [0.15, 0.2) is 5.65 Å². The number of rotatable bonds is 2. The van der Waals surface area contributed by atoms with Crippen molar-refractivity contribution in [3.8, 4) is 5.75 Å². The predicted molar refractivity (Wildman–Crippen MR) is 110 cm³/mol. The molecule has 0 atom stereocenters. The van der Waals surface area contributed by atoms with E-state index in [1.165, 1.54) is 0 Å². The van der Waals surface area contributed by atoms with Crippen LogP contribution in [0.4, 0.5) is 5.69 Å². The lowest BCUT2D eigenvalue weighted by Crippen LogP contribution is -2.26. The first kappa shape index (κ1) is 16.4. The van der Waals surface area contributed by atoms with Gasteiger partial charge in [-0.15, -0.1) is 0 Å². The topological polar surface area (TPSA) is 51.8 Å². The molecule has 3 heterocycles. The molecule has 0 saturated heterocycles. The van der Waals surface area contributed by atoms with Crippen LogP contribution >= 0.6 is 15.9 Å². The molecule has 4 aromatic rings. The lowest BCUT2D eigenvalue weighted by atomic mass is 9.79. The number of aliphatic imine (C=N–C) groups is 1. The highest BCUT2D eigenvalue weighted by Crippen LogP contribution is 2.43. The number of aromatic nitrogens is 3. The lowest BCUT2D eigenvalue weighted by molar-refractivity contribution is 0.414. The van der Waals surface area contributed by atoms with Crippen molar-refractivity contribution in [1.29, 1.82) is 0 Å². The highest BCUT2D eigenvalue weighted by molar-refractivity contribution is 9.10. The van der Waals surface area contributed by atoms with Crippen molar-refractivity contribution >= 4 is 43.9 Å². The summed E-state index contributed by atoms with van der Waals surface area (Å²) in [5.74, 6) is 0.843. The van der Waals surface area contributed by atoms with Crippen LogP contribution in [0, 0.1) is 0 Å². The van der Waals surface area contributed by atoms with Crippen LogP contribution in [0.25, 0.3) is 16.6 Å². The van der Waals surface area contributed by atoms with Gasteiger partial charge in [-0.2, -0.15) is 5.10 Å². The number of nitrogens with zero attached hydrogens (tertiary/aromatic N) is 4. The van der Waals surface area contributed by atoms with Gasteiger partial charge in [0.05, 0.1) is 24.0 Å². The van der Waals surface area contributed by atoms with Crippen LogP contribution in [0.3, 0.4) is 0 Å². The molecule has 6 heteroatoms. The number of halogens is 1. The highest BCUT2D eigenvalue weighted by Gasteiger charge is 2.36. The van der Waals surface area contributed by atoms with Gasteiger partial charge in [0.25, 0.3) is 0 Å². The fraction of sp³-hybridized carbons (Fsp3) is 0.190. The summed E-state index contributed by atoms with van der Waals surface area (Å²) in [5.41, 5.74) is 5.60. The van der Waals surface area contributed by atoms with Crippen LogP contribution in [0.1, 0.15) is 25.0 Å². The third kappa shape index (κ3) is 2.40. The van der Waals surface area contributed by atoms with Crippen molar-refractivity contribution < 1.29 is 4.74 Å². The molecule has 0 saturated carbocycles. The number of ether oxygens (including phenoxy) is 1. The molecule has 1 aliphatic heterocycles. The third-order valence-corrected chi connectivity index (χ3v) is 5.69. The van der Waals surface area contributed by atoms with E-state index in [1.807, 2.05) is 47.2 Å². The van der Waals surface area contributed by atoms with Crippen molar-refractivity contribution in [3.63, 3.8) is 0 Å². The molecule has 0 fully saturated rings. The van der Waals surface area contributed by atoms with Gasteiger partial charge < -0.3 is 4.74 Å². The Bertz CT molecular complexity index is 1260. The van der Waals surface area contributed by atoms with E-state index in [9.17, 15) is 0 Å². The third-order valence-electron chi connectivity index (χ3n) is 5.20. The smallest absolute Gasteiger partial charge is 0.162 e. The summed E-state index contributed by atoms with van der Waals surface area (Å²) in [7, 11) is 1.68. The van der Waals surface area contributed by atoms with Gasteiger partial charge in [0.1, 0.15) is 5.75 Å². The second kappa shape index (κ2) is 5.63. The average molecular weight is 421 g/mol. The van der Waals surface area contributed by atoms with Crippen LogP contribution in [0.2, 0.25) is 0 Å². The van der Waals surface area contributed by atoms with Crippen molar-refractivity contribution in [1.82, 2.24) is 14.6 Å². The van der Waals surface area contributed by atoms with E-state index in [-0.39, 0.29) is 5.41 Å². The van der Waals surface area contributed by atoms with E-state index in [4.69, 9.17) is 9.73 Å². The van der Waals surface area contributed by atoms with Gasteiger partial charge >= 0.3 is 0 Å². The van der Waals surface area contributed by atoms with Gasteiger partial charge in [0.2, 0.25) is 0 Å². The summed E-state index contributed by atoms with van der Waals surface area (Å²) < 4.78 is 8.24. The Balaban J connectivity index is 1.66. The summed E-state index contributed by atoms with van der Waals surface area (Å²) in [6.07, 6.45) is 3.90. The molecule has 5 rings (SSSR count). The fourth-order valence-corrected chi connectivity index (χ4v) is 4.10.